The number of esters is 1. The second-order valence-corrected chi connectivity index (χ2v) is 7.85. The number of methoxy groups -OCH3 is 1. The van der Waals surface area contributed by atoms with Crippen molar-refractivity contribution in [3.05, 3.63) is 83.6 Å². The van der Waals surface area contributed by atoms with Crippen molar-refractivity contribution in [1.29, 1.82) is 0 Å². The minimum Gasteiger partial charge on any atom is -0.494 e. The third-order valence-electron chi connectivity index (χ3n) is 5.68. The molecule has 0 amide bonds. The molecule has 8 heteroatoms. The topological polar surface area (TPSA) is 60.7 Å². The molecular weight excluding hydrogens is 447 g/mol. The van der Waals surface area contributed by atoms with E-state index in [1.807, 2.05) is 24.3 Å². The summed E-state index contributed by atoms with van der Waals surface area (Å²) < 4.78 is 50.6. The summed E-state index contributed by atoms with van der Waals surface area (Å²) in [6.07, 6.45) is -4.34. The Hall–Kier alpha value is -3.94. The highest BCUT2D eigenvalue weighted by Gasteiger charge is 2.30. The lowest BCUT2D eigenvalue weighted by Gasteiger charge is -2.10. The van der Waals surface area contributed by atoms with E-state index in [1.54, 1.807) is 29.8 Å². The Balaban J connectivity index is 1.52. The van der Waals surface area contributed by atoms with Crippen LogP contribution in [0.3, 0.4) is 0 Å². The molecule has 0 saturated carbocycles. The van der Waals surface area contributed by atoms with Crippen molar-refractivity contribution in [2.45, 2.75) is 19.2 Å². The Morgan fingerprint density at radius 2 is 1.71 bits per heavy atom. The summed E-state index contributed by atoms with van der Waals surface area (Å²) in [5, 5.41) is 11.8. The SMILES string of the molecule is COC(=O)Cc1c2ccc(OCc3cccc(-c4ccc(C(F)(F)F)cc4)c3)cc2c(O)n1C. The van der Waals surface area contributed by atoms with Crippen LogP contribution in [0.1, 0.15) is 16.8 Å². The first-order chi connectivity index (χ1) is 16.2. The molecule has 0 aliphatic carbocycles. The third kappa shape index (κ3) is 4.71. The Bertz CT molecular complexity index is 1340. The summed E-state index contributed by atoms with van der Waals surface area (Å²) in [5.74, 6) is 0.136. The van der Waals surface area contributed by atoms with Crippen LogP contribution in [0, 0.1) is 0 Å². The average molecular weight is 469 g/mol. The lowest BCUT2D eigenvalue weighted by Crippen LogP contribution is -2.08. The maximum absolute atomic E-state index is 12.8. The summed E-state index contributed by atoms with van der Waals surface area (Å²) >= 11 is 0. The number of hydrogen-bond donors (Lipinski definition) is 1. The van der Waals surface area contributed by atoms with Crippen molar-refractivity contribution < 1.29 is 32.5 Å². The molecule has 0 bridgehead atoms. The summed E-state index contributed by atoms with van der Waals surface area (Å²) in [6, 6.07) is 17.6. The van der Waals surface area contributed by atoms with E-state index in [-0.39, 0.29) is 18.9 Å². The lowest BCUT2D eigenvalue weighted by atomic mass is 10.0. The third-order valence-corrected chi connectivity index (χ3v) is 5.68. The zero-order valence-corrected chi connectivity index (χ0v) is 18.5. The summed E-state index contributed by atoms with van der Waals surface area (Å²) in [4.78, 5) is 11.7. The predicted octanol–water partition coefficient (Wildman–Crippen LogP) is 5.86. The molecule has 5 nitrogen and oxygen atoms in total. The van der Waals surface area contributed by atoms with E-state index >= 15 is 0 Å². The number of aromatic hydroxyl groups is 1. The fourth-order valence-corrected chi connectivity index (χ4v) is 3.82. The van der Waals surface area contributed by atoms with E-state index in [4.69, 9.17) is 9.47 Å². The number of carbonyl (C=O) groups is 1. The van der Waals surface area contributed by atoms with Crippen LogP contribution < -0.4 is 4.74 Å². The summed E-state index contributed by atoms with van der Waals surface area (Å²) in [7, 11) is 2.98. The molecule has 0 aliphatic heterocycles. The molecule has 3 aromatic carbocycles. The highest BCUT2D eigenvalue weighted by molar-refractivity contribution is 5.94. The van der Waals surface area contributed by atoms with Gasteiger partial charge in [-0.1, -0.05) is 30.3 Å². The van der Waals surface area contributed by atoms with Crippen LogP contribution in [0.2, 0.25) is 0 Å². The highest BCUT2D eigenvalue weighted by Crippen LogP contribution is 2.34. The minimum atomic E-state index is -4.37. The van der Waals surface area contributed by atoms with Gasteiger partial charge in [0.25, 0.3) is 0 Å². The average Bonchev–Trinajstić information content (AvgIpc) is 3.06. The van der Waals surface area contributed by atoms with Crippen LogP contribution in [0.25, 0.3) is 21.9 Å². The number of alkyl halides is 3. The molecule has 0 spiro atoms. The van der Waals surface area contributed by atoms with Gasteiger partial charge in [-0.3, -0.25) is 4.79 Å². The van der Waals surface area contributed by atoms with Crippen LogP contribution in [0.5, 0.6) is 11.6 Å². The van der Waals surface area contributed by atoms with Gasteiger partial charge >= 0.3 is 12.1 Å². The van der Waals surface area contributed by atoms with Crippen molar-refractivity contribution in [2.24, 2.45) is 7.05 Å². The maximum Gasteiger partial charge on any atom is 0.416 e. The van der Waals surface area contributed by atoms with Crippen LogP contribution in [-0.2, 0) is 35.8 Å². The second-order valence-electron chi connectivity index (χ2n) is 7.85. The summed E-state index contributed by atoms with van der Waals surface area (Å²) in [5.41, 5.74) is 2.23. The van der Waals surface area contributed by atoms with Crippen molar-refractivity contribution in [3.63, 3.8) is 0 Å². The van der Waals surface area contributed by atoms with Gasteiger partial charge in [0.15, 0.2) is 5.88 Å². The van der Waals surface area contributed by atoms with E-state index in [1.165, 1.54) is 19.2 Å². The van der Waals surface area contributed by atoms with Gasteiger partial charge in [0.2, 0.25) is 0 Å². The first-order valence-electron chi connectivity index (χ1n) is 10.4. The number of benzene rings is 3. The molecule has 4 rings (SSSR count). The van der Waals surface area contributed by atoms with Crippen LogP contribution >= 0.6 is 0 Å². The molecule has 0 fully saturated rings. The van der Waals surface area contributed by atoms with Gasteiger partial charge in [-0.15, -0.1) is 0 Å². The first kappa shape index (κ1) is 23.2. The van der Waals surface area contributed by atoms with Crippen LogP contribution in [0.4, 0.5) is 13.2 Å². The van der Waals surface area contributed by atoms with Gasteiger partial charge in [-0.25, -0.2) is 0 Å². The molecule has 0 saturated heterocycles. The number of nitrogens with zero attached hydrogens (tertiary/aromatic N) is 1. The Morgan fingerprint density at radius 3 is 2.38 bits per heavy atom. The molecule has 0 aliphatic rings. The van der Waals surface area contributed by atoms with E-state index in [2.05, 4.69) is 0 Å². The van der Waals surface area contributed by atoms with Gasteiger partial charge < -0.3 is 19.1 Å². The minimum absolute atomic E-state index is 0.0173. The largest absolute Gasteiger partial charge is 0.494 e. The molecule has 0 atom stereocenters. The number of fused-ring (bicyclic) bond motifs is 1. The van der Waals surface area contributed by atoms with Crippen LogP contribution in [-0.4, -0.2) is 22.8 Å². The fraction of sp³-hybridized carbons (Fsp3) is 0.192. The normalized spacial score (nSPS) is 11.6. The zero-order chi connectivity index (χ0) is 24.5. The van der Waals surface area contributed by atoms with Gasteiger partial charge in [0.05, 0.1) is 19.1 Å². The Labute approximate surface area is 194 Å². The molecular formula is C26H22F3NO4. The lowest BCUT2D eigenvalue weighted by molar-refractivity contribution is -0.140. The number of carbonyl (C=O) groups excluding carboxylic acids is 1. The van der Waals surface area contributed by atoms with E-state index in [0.29, 0.717) is 22.4 Å². The van der Waals surface area contributed by atoms with Gasteiger partial charge in [-0.2, -0.15) is 13.2 Å². The van der Waals surface area contributed by atoms with Gasteiger partial charge in [0.1, 0.15) is 12.4 Å². The number of ether oxygens (including phenoxy) is 2. The molecule has 1 heterocycles. The zero-order valence-electron chi connectivity index (χ0n) is 18.5. The maximum atomic E-state index is 12.8. The van der Waals surface area contributed by atoms with Crippen molar-refractivity contribution in [1.82, 2.24) is 4.57 Å². The van der Waals surface area contributed by atoms with Crippen LogP contribution in [0.15, 0.2) is 66.7 Å². The molecule has 0 unspecified atom stereocenters. The number of aromatic nitrogens is 1. The first-order valence-corrected chi connectivity index (χ1v) is 10.4. The van der Waals surface area contributed by atoms with Crippen molar-refractivity contribution in [3.8, 4) is 22.8 Å². The van der Waals surface area contributed by atoms with Crippen molar-refractivity contribution >= 4 is 16.7 Å². The van der Waals surface area contributed by atoms with Gasteiger partial charge in [0, 0.05) is 23.5 Å². The van der Waals surface area contributed by atoms with E-state index in [0.717, 1.165) is 28.6 Å². The number of hydrogen-bond acceptors (Lipinski definition) is 4. The molecule has 34 heavy (non-hydrogen) atoms. The van der Waals surface area contributed by atoms with Gasteiger partial charge in [-0.05, 0) is 53.1 Å². The number of halogens is 3. The van der Waals surface area contributed by atoms with E-state index < -0.39 is 17.7 Å². The Morgan fingerprint density at radius 1 is 0.971 bits per heavy atom. The molecule has 176 valence electrons. The fourth-order valence-electron chi connectivity index (χ4n) is 3.82. The second kappa shape index (κ2) is 9.13. The predicted molar refractivity (Wildman–Crippen MR) is 122 cm³/mol. The number of rotatable bonds is 6. The molecule has 1 aromatic heterocycles. The molecule has 0 radical (unpaired) electrons. The summed E-state index contributed by atoms with van der Waals surface area (Å²) in [6.45, 7) is 0.225. The molecule has 4 aromatic rings. The van der Waals surface area contributed by atoms with Crippen molar-refractivity contribution in [2.75, 3.05) is 7.11 Å². The highest BCUT2D eigenvalue weighted by atomic mass is 19.4. The smallest absolute Gasteiger partial charge is 0.416 e. The quantitative estimate of drug-likeness (QED) is 0.359. The Kier molecular flexibility index (Phi) is 6.24. The van der Waals surface area contributed by atoms with E-state index in [9.17, 15) is 23.1 Å². The monoisotopic (exact) mass is 469 g/mol. The molecule has 1 N–H and O–H groups in total. The standard InChI is InChI=1S/C26H22F3NO4/c1-30-23(14-24(31)33-2)21-11-10-20(13-22(21)25(30)32)34-15-16-4-3-5-18(12-16)17-6-8-19(9-7-17)26(27,28)29/h3-13,32H,14-15H2,1-2H3.